The van der Waals surface area contributed by atoms with Crippen LogP contribution in [-0.2, 0) is 19.4 Å². The maximum atomic E-state index is 6.26. The molecule has 0 N–H and O–H groups in total. The zero-order valence-corrected chi connectivity index (χ0v) is 14.8. The Morgan fingerprint density at radius 2 is 2.00 bits per heavy atom. The van der Waals surface area contributed by atoms with Gasteiger partial charge >= 0.3 is 0 Å². The Bertz CT molecular complexity index is 568. The van der Waals surface area contributed by atoms with Gasteiger partial charge in [0.2, 0.25) is 0 Å². The number of benzene rings is 1. The van der Waals surface area contributed by atoms with Gasteiger partial charge in [-0.15, -0.1) is 0 Å². The topological polar surface area (TPSA) is 30.7 Å². The molecule has 0 amide bonds. The molecule has 0 bridgehead atoms. The molecular weight excluding hydrogens is 350 g/mol. The van der Waals surface area contributed by atoms with Crippen molar-refractivity contribution < 1.29 is 0 Å². The van der Waals surface area contributed by atoms with Crippen LogP contribution in [0.15, 0.2) is 30.6 Å². The summed E-state index contributed by atoms with van der Waals surface area (Å²) in [6, 6.07) is 8.04. The fourth-order valence-corrected chi connectivity index (χ4v) is 3.03. The van der Waals surface area contributed by atoms with Crippen molar-refractivity contribution in [3.8, 4) is 0 Å². The molecule has 3 nitrogen and oxygen atoms in total. The third-order valence-corrected chi connectivity index (χ3v) is 4.67. The Morgan fingerprint density at radius 1 is 1.24 bits per heavy atom. The number of alkyl halides is 1. The summed E-state index contributed by atoms with van der Waals surface area (Å²) in [6.45, 7) is 5.30. The molecule has 0 saturated heterocycles. The Morgan fingerprint density at radius 3 is 2.67 bits per heavy atom. The van der Waals surface area contributed by atoms with Crippen LogP contribution in [0.1, 0.15) is 25.2 Å². The van der Waals surface area contributed by atoms with Crippen LogP contribution in [0.25, 0.3) is 0 Å². The second-order valence-corrected chi connectivity index (χ2v) is 6.83. The normalized spacial score (nSPS) is 12.8. The molecule has 0 fully saturated rings. The average molecular weight is 371 g/mol. The summed E-state index contributed by atoms with van der Waals surface area (Å²) in [7, 11) is 0. The summed E-state index contributed by atoms with van der Waals surface area (Å²) >= 11 is 9.88. The van der Waals surface area contributed by atoms with Gasteiger partial charge in [0.05, 0.1) is 0 Å². The van der Waals surface area contributed by atoms with Crippen molar-refractivity contribution in [3.05, 3.63) is 47.0 Å². The molecule has 2 aromatic rings. The van der Waals surface area contributed by atoms with Crippen LogP contribution in [0.2, 0.25) is 5.02 Å². The number of aromatic nitrogens is 3. The molecule has 2 rings (SSSR count). The molecule has 1 aromatic heterocycles. The zero-order valence-electron chi connectivity index (χ0n) is 12.5. The molecule has 0 saturated carbocycles. The predicted molar refractivity (Wildman–Crippen MR) is 91.0 cm³/mol. The number of hydrogen-bond acceptors (Lipinski definition) is 2. The van der Waals surface area contributed by atoms with E-state index in [2.05, 4.69) is 45.9 Å². The minimum absolute atomic E-state index is 0.458. The monoisotopic (exact) mass is 369 g/mol. The highest BCUT2D eigenvalue weighted by Gasteiger charge is 2.15. The summed E-state index contributed by atoms with van der Waals surface area (Å²) in [4.78, 5) is 4.42. The van der Waals surface area contributed by atoms with E-state index in [-0.39, 0.29) is 0 Å². The third-order valence-electron chi connectivity index (χ3n) is 3.39. The minimum atomic E-state index is 0.458. The van der Waals surface area contributed by atoms with Crippen molar-refractivity contribution >= 4 is 27.5 Å². The fraction of sp³-hybridized carbons (Fsp3) is 0.500. The van der Waals surface area contributed by atoms with E-state index in [4.69, 9.17) is 11.6 Å². The van der Waals surface area contributed by atoms with Gasteiger partial charge in [-0.05, 0) is 29.9 Å². The number of rotatable bonds is 7. The molecule has 1 atom stereocenters. The molecule has 21 heavy (non-hydrogen) atoms. The first-order valence-corrected chi connectivity index (χ1v) is 8.76. The average Bonchev–Trinajstić information content (AvgIpc) is 2.86. The van der Waals surface area contributed by atoms with Crippen LogP contribution in [0, 0.1) is 11.8 Å². The molecule has 1 heterocycles. The van der Waals surface area contributed by atoms with Crippen molar-refractivity contribution in [2.75, 3.05) is 5.33 Å². The maximum Gasteiger partial charge on any atom is 0.138 e. The van der Waals surface area contributed by atoms with E-state index in [1.165, 1.54) is 5.56 Å². The Balaban J connectivity index is 2.06. The standard InChI is InChI=1S/C16H21BrClN3/c1-12(2)10-21-16(19-11-20-21)8-13(9-17)7-14-5-3-4-6-15(14)18/h3-6,11-13H,7-10H2,1-2H3. The molecule has 0 radical (unpaired) electrons. The quantitative estimate of drug-likeness (QED) is 0.677. The van der Waals surface area contributed by atoms with E-state index in [9.17, 15) is 0 Å². The first kappa shape index (κ1) is 16.5. The van der Waals surface area contributed by atoms with Gasteiger partial charge in [-0.2, -0.15) is 5.10 Å². The van der Waals surface area contributed by atoms with E-state index in [0.717, 1.165) is 35.6 Å². The predicted octanol–water partition coefficient (Wildman–Crippen LogP) is 4.38. The van der Waals surface area contributed by atoms with Gasteiger partial charge in [0.1, 0.15) is 12.2 Å². The lowest BCUT2D eigenvalue weighted by Crippen LogP contribution is -2.16. The van der Waals surface area contributed by atoms with Gasteiger partial charge in [0.15, 0.2) is 0 Å². The van der Waals surface area contributed by atoms with E-state index in [0.29, 0.717) is 11.8 Å². The Hall–Kier alpha value is -0.870. The molecule has 1 unspecified atom stereocenters. The molecule has 0 aliphatic carbocycles. The Kier molecular flexibility index (Phi) is 6.24. The molecule has 114 valence electrons. The van der Waals surface area contributed by atoms with E-state index < -0.39 is 0 Å². The lowest BCUT2D eigenvalue weighted by molar-refractivity contribution is 0.448. The lowest BCUT2D eigenvalue weighted by Gasteiger charge is -2.16. The van der Waals surface area contributed by atoms with E-state index >= 15 is 0 Å². The summed E-state index contributed by atoms with van der Waals surface area (Å²) in [5.41, 5.74) is 1.19. The number of halogens is 2. The van der Waals surface area contributed by atoms with Gasteiger partial charge in [-0.3, -0.25) is 0 Å². The molecule has 0 aliphatic heterocycles. The van der Waals surface area contributed by atoms with Crippen molar-refractivity contribution in [2.45, 2.75) is 33.2 Å². The highest BCUT2D eigenvalue weighted by molar-refractivity contribution is 9.09. The number of nitrogens with zero attached hydrogens (tertiary/aromatic N) is 3. The van der Waals surface area contributed by atoms with Gasteiger partial charge < -0.3 is 0 Å². The van der Waals surface area contributed by atoms with Crippen molar-refractivity contribution in [1.29, 1.82) is 0 Å². The molecule has 5 heteroatoms. The first-order valence-electron chi connectivity index (χ1n) is 7.26. The highest BCUT2D eigenvalue weighted by Crippen LogP contribution is 2.22. The van der Waals surface area contributed by atoms with Crippen LogP contribution in [0.3, 0.4) is 0 Å². The smallest absolute Gasteiger partial charge is 0.138 e. The number of hydrogen-bond donors (Lipinski definition) is 0. The van der Waals surface area contributed by atoms with Gasteiger partial charge in [-0.25, -0.2) is 9.67 Å². The van der Waals surface area contributed by atoms with E-state index in [1.807, 2.05) is 22.9 Å². The molecule has 0 spiro atoms. The van der Waals surface area contributed by atoms with Crippen molar-refractivity contribution in [1.82, 2.24) is 14.8 Å². The summed E-state index contributed by atoms with van der Waals surface area (Å²) in [6.07, 6.45) is 3.50. The van der Waals surface area contributed by atoms with Crippen LogP contribution in [-0.4, -0.2) is 20.1 Å². The first-order chi connectivity index (χ1) is 10.1. The summed E-state index contributed by atoms with van der Waals surface area (Å²) < 4.78 is 2.02. The van der Waals surface area contributed by atoms with E-state index in [1.54, 1.807) is 6.33 Å². The molecular formula is C16H21BrClN3. The molecule has 0 aliphatic rings. The second-order valence-electron chi connectivity index (χ2n) is 5.77. The van der Waals surface area contributed by atoms with Gasteiger partial charge in [0.25, 0.3) is 0 Å². The zero-order chi connectivity index (χ0) is 15.2. The third kappa shape index (κ3) is 4.82. The Labute approximate surface area is 139 Å². The maximum absolute atomic E-state index is 6.26. The van der Waals surface area contributed by atoms with Gasteiger partial charge in [0, 0.05) is 23.3 Å². The fourth-order valence-electron chi connectivity index (χ4n) is 2.36. The minimum Gasteiger partial charge on any atom is -0.250 e. The summed E-state index contributed by atoms with van der Waals surface area (Å²) in [5.74, 6) is 2.08. The van der Waals surface area contributed by atoms with Crippen molar-refractivity contribution in [3.63, 3.8) is 0 Å². The van der Waals surface area contributed by atoms with Crippen molar-refractivity contribution in [2.24, 2.45) is 11.8 Å². The van der Waals surface area contributed by atoms with Crippen LogP contribution >= 0.6 is 27.5 Å². The van der Waals surface area contributed by atoms with Crippen LogP contribution in [0.4, 0.5) is 0 Å². The van der Waals surface area contributed by atoms with Crippen LogP contribution in [0.5, 0.6) is 0 Å². The second kappa shape index (κ2) is 7.95. The highest BCUT2D eigenvalue weighted by atomic mass is 79.9. The SMILES string of the molecule is CC(C)Cn1ncnc1CC(CBr)Cc1ccccc1Cl. The van der Waals surface area contributed by atoms with Gasteiger partial charge in [-0.1, -0.05) is 59.6 Å². The summed E-state index contributed by atoms with van der Waals surface area (Å²) in [5, 5.41) is 6.10. The molecule has 1 aromatic carbocycles. The van der Waals surface area contributed by atoms with Crippen LogP contribution < -0.4 is 0 Å². The largest absolute Gasteiger partial charge is 0.250 e. The lowest BCUT2D eigenvalue weighted by atomic mass is 9.97.